The second-order valence-corrected chi connectivity index (χ2v) is 9.74. The number of halogens is 2. The summed E-state index contributed by atoms with van der Waals surface area (Å²) in [6, 6.07) is 14.6. The van der Waals surface area contributed by atoms with Gasteiger partial charge in [-0.3, -0.25) is 9.59 Å². The van der Waals surface area contributed by atoms with Gasteiger partial charge < -0.3 is 10.2 Å². The number of thioether (sulfide) groups is 1. The van der Waals surface area contributed by atoms with Gasteiger partial charge in [-0.1, -0.05) is 68.2 Å². The van der Waals surface area contributed by atoms with E-state index in [4.69, 9.17) is 23.2 Å². The molecule has 0 bridgehead atoms. The molecule has 0 heterocycles. The number of carbonyl (C=O) groups is 2. The summed E-state index contributed by atoms with van der Waals surface area (Å²) in [5.74, 6) is 0.766. The maximum absolute atomic E-state index is 13.2. The SMILES string of the molecule is CC[C@@H](C(=O)NCC(C)C)N(Cc1ccc(Cl)cc1Cl)C(=O)CCSc1ccccc1. The topological polar surface area (TPSA) is 49.4 Å². The average molecular weight is 481 g/mol. The highest BCUT2D eigenvalue weighted by Crippen LogP contribution is 2.25. The monoisotopic (exact) mass is 480 g/mol. The van der Waals surface area contributed by atoms with Gasteiger partial charge in [-0.05, 0) is 42.2 Å². The number of benzene rings is 2. The molecule has 0 aliphatic carbocycles. The molecule has 168 valence electrons. The van der Waals surface area contributed by atoms with E-state index in [1.54, 1.807) is 28.8 Å². The van der Waals surface area contributed by atoms with E-state index in [1.807, 2.05) is 57.2 Å². The Bertz CT molecular complexity index is 862. The van der Waals surface area contributed by atoms with Crippen molar-refractivity contribution in [3.63, 3.8) is 0 Å². The van der Waals surface area contributed by atoms with Gasteiger partial charge in [-0.2, -0.15) is 0 Å². The number of carbonyl (C=O) groups excluding carboxylic acids is 2. The van der Waals surface area contributed by atoms with Crippen LogP contribution in [0.1, 0.15) is 39.2 Å². The molecule has 0 aromatic heterocycles. The smallest absolute Gasteiger partial charge is 0.242 e. The van der Waals surface area contributed by atoms with E-state index in [0.29, 0.717) is 41.1 Å². The molecule has 31 heavy (non-hydrogen) atoms. The molecule has 2 aromatic carbocycles. The lowest BCUT2D eigenvalue weighted by Gasteiger charge is -2.31. The van der Waals surface area contributed by atoms with E-state index in [1.165, 1.54) is 0 Å². The van der Waals surface area contributed by atoms with Crippen LogP contribution >= 0.6 is 35.0 Å². The van der Waals surface area contributed by atoms with Crippen LogP contribution in [0.2, 0.25) is 10.0 Å². The van der Waals surface area contributed by atoms with Gasteiger partial charge in [0.25, 0.3) is 0 Å². The van der Waals surface area contributed by atoms with E-state index in [0.717, 1.165) is 10.5 Å². The lowest BCUT2D eigenvalue weighted by molar-refractivity contribution is -0.141. The zero-order chi connectivity index (χ0) is 22.8. The quantitative estimate of drug-likeness (QED) is 0.397. The fourth-order valence-electron chi connectivity index (χ4n) is 3.09. The molecule has 0 aliphatic heterocycles. The van der Waals surface area contributed by atoms with E-state index in [9.17, 15) is 9.59 Å². The van der Waals surface area contributed by atoms with Crippen molar-refractivity contribution in [2.24, 2.45) is 5.92 Å². The van der Waals surface area contributed by atoms with Crippen LogP contribution in [0.15, 0.2) is 53.4 Å². The van der Waals surface area contributed by atoms with Crippen LogP contribution in [-0.4, -0.2) is 35.1 Å². The van der Waals surface area contributed by atoms with E-state index < -0.39 is 6.04 Å². The number of rotatable bonds is 11. The second-order valence-electron chi connectivity index (χ2n) is 7.73. The minimum atomic E-state index is -0.556. The van der Waals surface area contributed by atoms with Crippen LogP contribution in [0.4, 0.5) is 0 Å². The summed E-state index contributed by atoms with van der Waals surface area (Å²) in [6.07, 6.45) is 0.853. The molecule has 2 rings (SSSR count). The molecule has 0 saturated carbocycles. The summed E-state index contributed by atoms with van der Waals surface area (Å²) < 4.78 is 0. The Balaban J connectivity index is 2.16. The molecule has 0 spiro atoms. The van der Waals surface area contributed by atoms with E-state index >= 15 is 0 Å². The zero-order valence-electron chi connectivity index (χ0n) is 18.2. The van der Waals surface area contributed by atoms with Crippen molar-refractivity contribution in [3.05, 3.63) is 64.1 Å². The standard InChI is InChI=1S/C24H30Cl2N2O2S/c1-4-22(24(30)27-15-17(2)3)28(16-18-10-11-19(25)14-21(18)26)23(29)12-13-31-20-8-6-5-7-9-20/h5-11,14,17,22H,4,12-13,15-16H2,1-3H3,(H,27,30)/t22-/m0/s1. The highest BCUT2D eigenvalue weighted by Gasteiger charge is 2.28. The lowest BCUT2D eigenvalue weighted by Crippen LogP contribution is -2.49. The van der Waals surface area contributed by atoms with Crippen molar-refractivity contribution < 1.29 is 9.59 Å². The van der Waals surface area contributed by atoms with Crippen molar-refractivity contribution in [1.29, 1.82) is 0 Å². The summed E-state index contributed by atoms with van der Waals surface area (Å²) in [4.78, 5) is 28.9. The van der Waals surface area contributed by atoms with Crippen LogP contribution in [0.25, 0.3) is 0 Å². The van der Waals surface area contributed by atoms with Gasteiger partial charge in [0, 0.05) is 40.2 Å². The van der Waals surface area contributed by atoms with Gasteiger partial charge in [-0.15, -0.1) is 11.8 Å². The van der Waals surface area contributed by atoms with Gasteiger partial charge in [0.05, 0.1) is 0 Å². The maximum atomic E-state index is 13.2. The van der Waals surface area contributed by atoms with Gasteiger partial charge in [0.15, 0.2) is 0 Å². The molecular formula is C24H30Cl2N2O2S. The molecule has 2 amide bonds. The number of nitrogens with zero attached hydrogens (tertiary/aromatic N) is 1. The highest BCUT2D eigenvalue weighted by atomic mass is 35.5. The molecule has 7 heteroatoms. The Morgan fingerprint density at radius 3 is 2.42 bits per heavy atom. The number of hydrogen-bond donors (Lipinski definition) is 1. The molecule has 0 saturated heterocycles. The fraction of sp³-hybridized carbons (Fsp3) is 0.417. The second kappa shape index (κ2) is 13.0. The Morgan fingerprint density at radius 1 is 1.10 bits per heavy atom. The highest BCUT2D eigenvalue weighted by molar-refractivity contribution is 7.99. The van der Waals surface area contributed by atoms with Gasteiger partial charge in [0.2, 0.25) is 11.8 Å². The molecule has 0 radical (unpaired) electrons. The summed E-state index contributed by atoms with van der Waals surface area (Å²) >= 11 is 14.0. The average Bonchev–Trinajstić information content (AvgIpc) is 2.74. The Hall–Kier alpha value is -1.69. The molecule has 4 nitrogen and oxygen atoms in total. The molecule has 0 fully saturated rings. The van der Waals surface area contributed by atoms with Gasteiger partial charge in [-0.25, -0.2) is 0 Å². The molecular weight excluding hydrogens is 451 g/mol. The van der Waals surface area contributed by atoms with Crippen molar-refractivity contribution in [1.82, 2.24) is 10.2 Å². The number of nitrogens with one attached hydrogen (secondary N) is 1. The van der Waals surface area contributed by atoms with Crippen molar-refractivity contribution in [2.75, 3.05) is 12.3 Å². The molecule has 2 aromatic rings. The van der Waals surface area contributed by atoms with E-state index in [-0.39, 0.29) is 18.4 Å². The summed E-state index contributed by atoms with van der Waals surface area (Å²) in [5.41, 5.74) is 0.769. The van der Waals surface area contributed by atoms with Crippen LogP contribution in [-0.2, 0) is 16.1 Å². The lowest BCUT2D eigenvalue weighted by atomic mass is 10.1. The minimum absolute atomic E-state index is 0.0685. The first-order valence-corrected chi connectivity index (χ1v) is 12.2. The van der Waals surface area contributed by atoms with Crippen molar-refractivity contribution in [2.45, 2.75) is 51.1 Å². The van der Waals surface area contributed by atoms with E-state index in [2.05, 4.69) is 5.32 Å². The van der Waals surface area contributed by atoms with Gasteiger partial charge >= 0.3 is 0 Å². The van der Waals surface area contributed by atoms with Crippen molar-refractivity contribution in [3.8, 4) is 0 Å². The zero-order valence-corrected chi connectivity index (χ0v) is 20.6. The molecule has 1 atom stereocenters. The number of amides is 2. The summed E-state index contributed by atoms with van der Waals surface area (Å²) in [7, 11) is 0. The predicted molar refractivity (Wildman–Crippen MR) is 131 cm³/mol. The van der Waals surface area contributed by atoms with Gasteiger partial charge in [0.1, 0.15) is 6.04 Å². The van der Waals surface area contributed by atoms with Crippen molar-refractivity contribution >= 4 is 46.8 Å². The normalized spacial score (nSPS) is 11.9. The minimum Gasteiger partial charge on any atom is -0.354 e. The third-order valence-electron chi connectivity index (χ3n) is 4.75. The maximum Gasteiger partial charge on any atom is 0.242 e. The van der Waals surface area contributed by atoms with Crippen LogP contribution < -0.4 is 5.32 Å². The Kier molecular flexibility index (Phi) is 10.7. The Labute approximate surface area is 199 Å². The molecule has 0 aliphatic rings. The third-order valence-corrected chi connectivity index (χ3v) is 6.35. The molecule has 1 N–H and O–H groups in total. The first-order chi connectivity index (χ1) is 14.8. The van der Waals surface area contributed by atoms with Crippen LogP contribution in [0.5, 0.6) is 0 Å². The largest absolute Gasteiger partial charge is 0.354 e. The first kappa shape index (κ1) is 25.6. The summed E-state index contributed by atoms with van der Waals surface area (Å²) in [5, 5.41) is 3.99. The fourth-order valence-corrected chi connectivity index (χ4v) is 4.42. The predicted octanol–water partition coefficient (Wildman–Crippen LogP) is 6.06. The first-order valence-electron chi connectivity index (χ1n) is 10.5. The van der Waals surface area contributed by atoms with Crippen LogP contribution in [0, 0.1) is 5.92 Å². The summed E-state index contributed by atoms with van der Waals surface area (Å²) in [6.45, 7) is 6.83. The third kappa shape index (κ3) is 8.40. The Morgan fingerprint density at radius 2 is 1.81 bits per heavy atom. The molecule has 0 unspecified atom stereocenters. The number of hydrogen-bond acceptors (Lipinski definition) is 3. The van der Waals surface area contributed by atoms with Crippen LogP contribution in [0.3, 0.4) is 0 Å².